The summed E-state index contributed by atoms with van der Waals surface area (Å²) in [6.45, 7) is 0. The van der Waals surface area contributed by atoms with E-state index < -0.39 is 24.9 Å². The normalized spacial score (nSPS) is 12.3. The molecule has 0 heterocycles. The Balaban J connectivity index is 2.49. The summed E-state index contributed by atoms with van der Waals surface area (Å²) in [6.07, 6.45) is -4.43. The van der Waals surface area contributed by atoms with Gasteiger partial charge in [-0.2, -0.15) is 13.2 Å². The molecule has 0 unspecified atom stereocenters. The van der Waals surface area contributed by atoms with Crippen LogP contribution >= 0.6 is 7.05 Å². The van der Waals surface area contributed by atoms with Crippen molar-refractivity contribution in [2.24, 2.45) is 4.74 Å². The number of alkyl halides is 3. The Bertz CT molecular complexity index is 976. The highest BCUT2D eigenvalue weighted by molar-refractivity contribution is 7.87. The Morgan fingerprint density at radius 1 is 0.800 bits per heavy atom. The first-order valence-electron chi connectivity index (χ1n) is 9.04. The van der Waals surface area contributed by atoms with Crippen molar-refractivity contribution in [3.05, 3.63) is 103 Å². The number of carbonyl (C=O) groups excluding carboxylic acids is 1. The van der Waals surface area contributed by atoms with Gasteiger partial charge in [-0.3, -0.25) is 0 Å². The lowest BCUT2D eigenvalue weighted by Gasteiger charge is -2.27. The minimum absolute atomic E-state index is 0.406. The summed E-state index contributed by atoms with van der Waals surface area (Å²) in [7, 11) is -2.12. The molecule has 0 saturated heterocycles. The van der Waals surface area contributed by atoms with Crippen LogP contribution in [0.5, 0.6) is 0 Å². The molecule has 154 valence electrons. The maximum atomic E-state index is 13.9. The molecule has 0 aromatic heterocycles. The van der Waals surface area contributed by atoms with Crippen LogP contribution in [0, 0.1) is 0 Å². The molecule has 3 aromatic carbocycles. The molecule has 0 aliphatic carbocycles. The predicted octanol–water partition coefficient (Wildman–Crippen LogP) is 4.78. The number of allylic oxidation sites excluding steroid dienone is 1. The van der Waals surface area contributed by atoms with Gasteiger partial charge in [-0.05, 0) is 0 Å². The van der Waals surface area contributed by atoms with E-state index in [0.717, 1.165) is 7.11 Å². The van der Waals surface area contributed by atoms with Gasteiger partial charge in [-0.25, -0.2) is 9.54 Å². The predicted molar refractivity (Wildman–Crippen MR) is 114 cm³/mol. The summed E-state index contributed by atoms with van der Waals surface area (Å²) in [6, 6.07) is 26.6. The van der Waals surface area contributed by atoms with Crippen molar-refractivity contribution in [1.29, 1.82) is 0 Å². The van der Waals surface area contributed by atoms with Crippen molar-refractivity contribution < 1.29 is 22.7 Å². The summed E-state index contributed by atoms with van der Waals surface area (Å²) in [5, 5.41) is 1.92. The molecule has 0 fully saturated rings. The molecule has 0 atom stereocenters. The van der Waals surface area contributed by atoms with Crippen LogP contribution in [0.15, 0.2) is 108 Å². The third-order valence-electron chi connectivity index (χ3n) is 4.39. The first-order valence-corrected chi connectivity index (χ1v) is 10.8. The van der Waals surface area contributed by atoms with Crippen molar-refractivity contribution in [3.63, 3.8) is 0 Å². The Kier molecular flexibility index (Phi) is 6.58. The Morgan fingerprint density at radius 2 is 1.17 bits per heavy atom. The van der Waals surface area contributed by atoms with E-state index in [-0.39, 0.29) is 0 Å². The second-order valence-electron chi connectivity index (χ2n) is 6.29. The monoisotopic (exact) mass is 429 g/mol. The number of ether oxygens (including phenoxy) is 1. The van der Waals surface area contributed by atoms with Crippen LogP contribution in [0.3, 0.4) is 0 Å². The Hall–Kier alpha value is -3.11. The molecule has 0 aliphatic rings. The van der Waals surface area contributed by atoms with Gasteiger partial charge in [-0.1, -0.05) is 91.0 Å². The molecule has 3 aromatic rings. The quantitative estimate of drug-likeness (QED) is 0.333. The van der Waals surface area contributed by atoms with Crippen molar-refractivity contribution in [2.45, 2.75) is 6.18 Å². The van der Waals surface area contributed by atoms with Crippen LogP contribution in [-0.4, -0.2) is 19.3 Å². The minimum atomic E-state index is -4.84. The molecule has 3 rings (SSSR count). The van der Waals surface area contributed by atoms with Crippen LogP contribution in [0.4, 0.5) is 13.2 Å². The van der Waals surface area contributed by atoms with Crippen LogP contribution in [0.25, 0.3) is 0 Å². The number of rotatable bonds is 5. The molecule has 0 spiro atoms. The fourth-order valence-electron chi connectivity index (χ4n) is 3.05. The molecule has 0 radical (unpaired) electrons. The summed E-state index contributed by atoms with van der Waals surface area (Å²) >= 11 is 0. The topological polar surface area (TPSA) is 38.7 Å². The summed E-state index contributed by atoms with van der Waals surface area (Å²) in [4.78, 5) is 11.7. The van der Waals surface area contributed by atoms with Gasteiger partial charge in [0.15, 0.2) is 5.70 Å². The largest absolute Gasteiger partial charge is 0.466 e. The first-order chi connectivity index (χ1) is 14.4. The van der Waals surface area contributed by atoms with Gasteiger partial charge in [0.05, 0.1) is 20.2 Å². The van der Waals surface area contributed by atoms with Crippen molar-refractivity contribution in [3.8, 4) is 0 Å². The number of methoxy groups -OCH3 is 1. The van der Waals surface area contributed by atoms with Crippen LogP contribution < -0.4 is 15.9 Å². The van der Waals surface area contributed by atoms with E-state index in [1.54, 1.807) is 91.0 Å². The van der Waals surface area contributed by atoms with Crippen LogP contribution in [-0.2, 0) is 9.53 Å². The lowest BCUT2D eigenvalue weighted by atomic mass is 10.4. The Morgan fingerprint density at radius 3 is 1.47 bits per heavy atom. The number of hydrogen-bond donors (Lipinski definition) is 0. The Labute approximate surface area is 172 Å². The highest BCUT2D eigenvalue weighted by Gasteiger charge is 2.38. The van der Waals surface area contributed by atoms with Gasteiger partial charge >= 0.3 is 12.1 Å². The van der Waals surface area contributed by atoms with Crippen LogP contribution in [0.1, 0.15) is 0 Å². The molecule has 3 nitrogen and oxygen atoms in total. The molecule has 0 bridgehead atoms. The molecule has 0 amide bonds. The van der Waals surface area contributed by atoms with E-state index in [0.29, 0.717) is 22.0 Å². The molecule has 0 N–H and O–H groups in total. The van der Waals surface area contributed by atoms with Gasteiger partial charge < -0.3 is 4.74 Å². The van der Waals surface area contributed by atoms with E-state index in [1.807, 2.05) is 0 Å². The number of hydrogen-bond acceptors (Lipinski definition) is 3. The van der Waals surface area contributed by atoms with Gasteiger partial charge in [0, 0.05) is 15.9 Å². The van der Waals surface area contributed by atoms with E-state index in [2.05, 4.69) is 9.48 Å². The van der Waals surface area contributed by atoms with E-state index in [9.17, 15) is 18.0 Å². The maximum absolute atomic E-state index is 13.9. The summed E-state index contributed by atoms with van der Waals surface area (Å²) in [5.74, 6) is -1.11. The van der Waals surface area contributed by atoms with Crippen molar-refractivity contribution >= 4 is 28.9 Å². The molecule has 30 heavy (non-hydrogen) atoms. The second kappa shape index (κ2) is 9.14. The summed E-state index contributed by atoms with van der Waals surface area (Å²) < 4.78 is 50.6. The molecule has 0 saturated carbocycles. The number of benzene rings is 3. The lowest BCUT2D eigenvalue weighted by molar-refractivity contribution is -0.136. The van der Waals surface area contributed by atoms with Gasteiger partial charge in [0.25, 0.3) is 0 Å². The standard InChI is InChI=1S/C23H19F3NO2P/c1-29-22(28)17-21(23(24,25)26)27-30(18-11-5-2-6-12-18,19-13-7-3-8-14-19)20-15-9-4-10-16-20/h2-17H,1H3/b21-17-. The van der Waals surface area contributed by atoms with Crippen molar-refractivity contribution in [1.82, 2.24) is 0 Å². The number of halogens is 3. The smallest absolute Gasteiger partial charge is 0.433 e. The number of carbonyl (C=O) groups is 1. The molecule has 7 heteroatoms. The SMILES string of the molecule is COC(=O)/C=C(\N=P(c1ccccc1)(c1ccccc1)c1ccccc1)C(F)(F)F. The second-order valence-corrected chi connectivity index (χ2v) is 9.31. The van der Waals surface area contributed by atoms with E-state index in [4.69, 9.17) is 0 Å². The van der Waals surface area contributed by atoms with Gasteiger partial charge in [0.1, 0.15) is 0 Å². The fraction of sp³-hybridized carbons (Fsp3) is 0.0870. The highest BCUT2D eigenvalue weighted by atomic mass is 31.2. The van der Waals surface area contributed by atoms with Gasteiger partial charge in [-0.15, -0.1) is 0 Å². The average molecular weight is 429 g/mol. The van der Waals surface area contributed by atoms with Crippen LogP contribution in [0.2, 0.25) is 0 Å². The van der Waals surface area contributed by atoms with E-state index >= 15 is 0 Å². The molecular formula is C23H19F3NO2P. The highest BCUT2D eigenvalue weighted by Crippen LogP contribution is 2.49. The zero-order chi connectivity index (χ0) is 21.6. The zero-order valence-electron chi connectivity index (χ0n) is 16.1. The summed E-state index contributed by atoms with van der Waals surface area (Å²) in [5.41, 5.74) is -1.28. The molecular weight excluding hydrogens is 410 g/mol. The van der Waals surface area contributed by atoms with E-state index in [1.165, 1.54) is 0 Å². The average Bonchev–Trinajstić information content (AvgIpc) is 2.77. The van der Waals surface area contributed by atoms with Crippen molar-refractivity contribution in [2.75, 3.05) is 7.11 Å². The number of nitrogens with zero attached hydrogens (tertiary/aromatic N) is 1. The zero-order valence-corrected chi connectivity index (χ0v) is 17.0. The van der Waals surface area contributed by atoms with Gasteiger partial charge in [0.2, 0.25) is 0 Å². The third kappa shape index (κ3) is 4.55. The lowest BCUT2D eigenvalue weighted by Crippen LogP contribution is -2.26. The first kappa shape index (κ1) is 21.6. The maximum Gasteiger partial charge on any atom is 0.433 e. The number of esters is 1. The minimum Gasteiger partial charge on any atom is -0.466 e. The third-order valence-corrected chi connectivity index (χ3v) is 8.05. The molecule has 0 aliphatic heterocycles. The fourth-order valence-corrected chi connectivity index (χ4v) is 6.60.